The van der Waals surface area contributed by atoms with Crippen molar-refractivity contribution in [3.63, 3.8) is 0 Å². The predicted octanol–water partition coefficient (Wildman–Crippen LogP) is 4.93. The van der Waals surface area contributed by atoms with Gasteiger partial charge in [-0.3, -0.25) is 4.98 Å². The maximum absolute atomic E-state index is 13.3. The van der Waals surface area contributed by atoms with E-state index in [4.69, 9.17) is 0 Å². The minimum absolute atomic E-state index is 0.294. The molecule has 1 aromatic carbocycles. The van der Waals surface area contributed by atoms with Gasteiger partial charge in [-0.1, -0.05) is 0 Å². The molecular formula is C14H9F7N2O. The van der Waals surface area contributed by atoms with Gasteiger partial charge in [0.2, 0.25) is 0 Å². The third kappa shape index (κ3) is 3.92. The number of ether oxygens (including phenoxy) is 1. The summed E-state index contributed by atoms with van der Waals surface area (Å²) < 4.78 is 94.6. The molecule has 0 aliphatic heterocycles. The summed E-state index contributed by atoms with van der Waals surface area (Å²) in [5, 5.41) is 0. The first-order valence-corrected chi connectivity index (χ1v) is 6.37. The Hall–Kier alpha value is -2.39. The standard InChI is InChI=1S/C14H9F7N2O/c1-14(20,21)11-10(12(16)17)23-8(5-22-11)7-3-2-6(15)4-9(7)24-13(18)19/h2-5,12-13H,1H3. The minimum atomic E-state index is -3.68. The van der Waals surface area contributed by atoms with Crippen LogP contribution in [0, 0.1) is 5.82 Å². The molecule has 0 N–H and O–H groups in total. The molecule has 2 aromatic rings. The van der Waals surface area contributed by atoms with Gasteiger partial charge in [0.05, 0.1) is 11.9 Å². The first-order chi connectivity index (χ1) is 11.1. The van der Waals surface area contributed by atoms with E-state index < -0.39 is 47.6 Å². The Kier molecular flexibility index (Phi) is 4.95. The number of nitrogens with zero attached hydrogens (tertiary/aromatic N) is 2. The Morgan fingerprint density at radius 3 is 2.33 bits per heavy atom. The van der Waals surface area contributed by atoms with Gasteiger partial charge in [-0.15, -0.1) is 0 Å². The summed E-state index contributed by atoms with van der Waals surface area (Å²) in [6.45, 7) is -2.95. The molecule has 0 bridgehead atoms. The Balaban J connectivity index is 2.60. The highest BCUT2D eigenvalue weighted by Crippen LogP contribution is 2.36. The first kappa shape index (κ1) is 18.0. The Labute approximate surface area is 131 Å². The number of alkyl halides is 6. The van der Waals surface area contributed by atoms with Crippen molar-refractivity contribution in [2.24, 2.45) is 0 Å². The Morgan fingerprint density at radius 1 is 1.12 bits per heavy atom. The zero-order valence-electron chi connectivity index (χ0n) is 11.9. The van der Waals surface area contributed by atoms with Crippen LogP contribution in [0.1, 0.15) is 24.7 Å². The molecule has 0 spiro atoms. The number of hydrogen-bond donors (Lipinski definition) is 0. The van der Waals surface area contributed by atoms with Crippen LogP contribution in [0.3, 0.4) is 0 Å². The summed E-state index contributed by atoms with van der Waals surface area (Å²) in [5.41, 5.74) is -3.27. The van der Waals surface area contributed by atoms with Crippen molar-refractivity contribution in [2.75, 3.05) is 0 Å². The summed E-state index contributed by atoms with van der Waals surface area (Å²) in [6, 6.07) is 2.38. The third-order valence-electron chi connectivity index (χ3n) is 2.86. The van der Waals surface area contributed by atoms with E-state index in [9.17, 15) is 30.7 Å². The maximum Gasteiger partial charge on any atom is 0.387 e. The van der Waals surface area contributed by atoms with Crippen molar-refractivity contribution < 1.29 is 35.5 Å². The van der Waals surface area contributed by atoms with Crippen molar-refractivity contribution >= 4 is 0 Å². The molecule has 2 rings (SSSR count). The van der Waals surface area contributed by atoms with Gasteiger partial charge in [-0.25, -0.2) is 18.2 Å². The first-order valence-electron chi connectivity index (χ1n) is 6.37. The number of aromatic nitrogens is 2. The van der Waals surface area contributed by atoms with Gasteiger partial charge in [0.25, 0.3) is 12.3 Å². The fraction of sp³-hybridized carbons (Fsp3) is 0.286. The van der Waals surface area contributed by atoms with Crippen LogP contribution in [0.25, 0.3) is 11.3 Å². The van der Waals surface area contributed by atoms with Gasteiger partial charge in [0.1, 0.15) is 23.0 Å². The van der Waals surface area contributed by atoms with Crippen molar-refractivity contribution in [3.05, 3.63) is 41.6 Å². The molecule has 0 fully saturated rings. The van der Waals surface area contributed by atoms with Crippen LogP contribution in [-0.2, 0) is 5.92 Å². The van der Waals surface area contributed by atoms with Gasteiger partial charge in [0, 0.05) is 18.6 Å². The van der Waals surface area contributed by atoms with E-state index in [-0.39, 0.29) is 5.56 Å². The minimum Gasteiger partial charge on any atom is -0.434 e. The average Bonchev–Trinajstić information content (AvgIpc) is 2.45. The second-order valence-electron chi connectivity index (χ2n) is 4.70. The molecule has 0 unspecified atom stereocenters. The molecule has 0 saturated carbocycles. The monoisotopic (exact) mass is 354 g/mol. The molecule has 0 radical (unpaired) electrons. The van der Waals surface area contributed by atoms with E-state index in [1.807, 2.05) is 0 Å². The molecule has 10 heteroatoms. The smallest absolute Gasteiger partial charge is 0.387 e. The zero-order chi connectivity index (χ0) is 18.1. The van der Waals surface area contributed by atoms with Crippen LogP contribution < -0.4 is 4.74 Å². The number of rotatable bonds is 5. The van der Waals surface area contributed by atoms with Crippen LogP contribution in [0.15, 0.2) is 24.4 Å². The van der Waals surface area contributed by atoms with Gasteiger partial charge >= 0.3 is 6.61 Å². The molecule has 24 heavy (non-hydrogen) atoms. The lowest BCUT2D eigenvalue weighted by molar-refractivity contribution is -0.0496. The van der Waals surface area contributed by atoms with E-state index >= 15 is 0 Å². The van der Waals surface area contributed by atoms with Crippen molar-refractivity contribution in [2.45, 2.75) is 25.9 Å². The number of hydrogen-bond acceptors (Lipinski definition) is 3. The third-order valence-corrected chi connectivity index (χ3v) is 2.86. The van der Waals surface area contributed by atoms with Gasteiger partial charge in [0.15, 0.2) is 0 Å². The molecule has 0 saturated heterocycles. The lowest BCUT2D eigenvalue weighted by atomic mass is 10.1. The van der Waals surface area contributed by atoms with E-state index in [2.05, 4.69) is 14.7 Å². The van der Waals surface area contributed by atoms with Crippen LogP contribution >= 0.6 is 0 Å². The van der Waals surface area contributed by atoms with E-state index in [1.54, 1.807) is 0 Å². The summed E-state index contributed by atoms with van der Waals surface area (Å²) in [7, 11) is 0. The van der Waals surface area contributed by atoms with Crippen LogP contribution in [0.2, 0.25) is 0 Å². The molecule has 0 aliphatic rings. The summed E-state index contributed by atoms with van der Waals surface area (Å²) in [4.78, 5) is 6.63. The SMILES string of the molecule is CC(F)(F)c1ncc(-c2ccc(F)cc2OC(F)F)nc1C(F)F. The molecule has 0 amide bonds. The zero-order valence-corrected chi connectivity index (χ0v) is 11.9. The topological polar surface area (TPSA) is 35.0 Å². The highest BCUT2D eigenvalue weighted by Gasteiger charge is 2.34. The van der Waals surface area contributed by atoms with Crippen LogP contribution in [-0.4, -0.2) is 16.6 Å². The average molecular weight is 354 g/mol. The molecular weight excluding hydrogens is 345 g/mol. The summed E-state index contributed by atoms with van der Waals surface area (Å²) in [5.74, 6) is -5.29. The molecule has 3 nitrogen and oxygen atoms in total. The van der Waals surface area contributed by atoms with E-state index in [1.165, 1.54) is 0 Å². The highest BCUT2D eigenvalue weighted by atomic mass is 19.3. The van der Waals surface area contributed by atoms with Crippen LogP contribution in [0.5, 0.6) is 5.75 Å². The molecule has 1 heterocycles. The van der Waals surface area contributed by atoms with Gasteiger partial charge in [-0.2, -0.15) is 17.6 Å². The highest BCUT2D eigenvalue weighted by molar-refractivity contribution is 5.66. The second kappa shape index (κ2) is 6.62. The number of benzene rings is 1. The fourth-order valence-electron chi connectivity index (χ4n) is 1.92. The fourth-order valence-corrected chi connectivity index (χ4v) is 1.92. The van der Waals surface area contributed by atoms with Crippen LogP contribution in [0.4, 0.5) is 30.7 Å². The summed E-state index contributed by atoms with van der Waals surface area (Å²) in [6.07, 6.45) is -2.68. The normalized spacial score (nSPS) is 12.1. The summed E-state index contributed by atoms with van der Waals surface area (Å²) >= 11 is 0. The molecule has 0 atom stereocenters. The van der Waals surface area contributed by atoms with E-state index in [0.717, 1.165) is 12.1 Å². The van der Waals surface area contributed by atoms with Crippen molar-refractivity contribution in [1.82, 2.24) is 9.97 Å². The number of halogens is 7. The lowest BCUT2D eigenvalue weighted by Crippen LogP contribution is -2.16. The quantitative estimate of drug-likeness (QED) is 0.714. The second-order valence-corrected chi connectivity index (χ2v) is 4.70. The van der Waals surface area contributed by atoms with Gasteiger partial charge < -0.3 is 4.74 Å². The largest absolute Gasteiger partial charge is 0.434 e. The molecule has 130 valence electrons. The van der Waals surface area contributed by atoms with E-state index in [0.29, 0.717) is 19.2 Å². The molecule has 0 aliphatic carbocycles. The van der Waals surface area contributed by atoms with Gasteiger partial charge in [-0.05, 0) is 12.1 Å². The maximum atomic E-state index is 13.3. The lowest BCUT2D eigenvalue weighted by Gasteiger charge is -2.15. The molecule has 1 aromatic heterocycles. The Morgan fingerprint density at radius 2 is 1.79 bits per heavy atom. The van der Waals surface area contributed by atoms with Crippen molar-refractivity contribution in [1.29, 1.82) is 0 Å². The Bertz CT molecular complexity index is 732. The van der Waals surface area contributed by atoms with Crippen molar-refractivity contribution in [3.8, 4) is 17.0 Å². The predicted molar refractivity (Wildman–Crippen MR) is 68.6 cm³/mol.